The van der Waals surface area contributed by atoms with Gasteiger partial charge in [0, 0.05) is 13.1 Å². The van der Waals surface area contributed by atoms with Crippen LogP contribution >= 0.6 is 0 Å². The van der Waals surface area contributed by atoms with Crippen molar-refractivity contribution in [2.45, 2.75) is 0 Å². The summed E-state index contributed by atoms with van der Waals surface area (Å²) >= 11 is 0. The molecule has 0 fully saturated rings. The van der Waals surface area contributed by atoms with Crippen LogP contribution < -0.4 is 21.1 Å². The third kappa shape index (κ3) is 3.78. The van der Waals surface area contributed by atoms with E-state index in [4.69, 9.17) is 10.5 Å². The van der Waals surface area contributed by atoms with E-state index in [-0.39, 0.29) is 12.5 Å². The molecule has 1 aromatic carbocycles. The van der Waals surface area contributed by atoms with Crippen LogP contribution in [0.2, 0.25) is 0 Å². The number of amides is 1. The Morgan fingerprint density at radius 3 is 2.88 bits per heavy atom. The molecule has 0 heterocycles. The molecule has 0 aromatic heterocycles. The van der Waals surface area contributed by atoms with E-state index in [1.165, 1.54) is 0 Å². The molecule has 0 aliphatic carbocycles. The van der Waals surface area contributed by atoms with E-state index in [1.807, 2.05) is 24.3 Å². The number of hydrogen-bond donors (Lipinski definition) is 3. The van der Waals surface area contributed by atoms with E-state index in [1.54, 1.807) is 7.11 Å². The molecule has 0 aliphatic heterocycles. The quantitative estimate of drug-likeness (QED) is 0.643. The van der Waals surface area contributed by atoms with Gasteiger partial charge in [0.15, 0.2) is 0 Å². The van der Waals surface area contributed by atoms with E-state index in [0.29, 0.717) is 18.8 Å². The molecule has 0 spiro atoms. The van der Waals surface area contributed by atoms with Crippen LogP contribution in [-0.2, 0) is 4.79 Å². The maximum atomic E-state index is 11.3. The second-order valence-electron chi connectivity index (χ2n) is 3.19. The van der Waals surface area contributed by atoms with Crippen molar-refractivity contribution in [3.05, 3.63) is 24.3 Å². The number of hydrogen-bond acceptors (Lipinski definition) is 4. The van der Waals surface area contributed by atoms with Crippen LogP contribution in [-0.4, -0.2) is 32.7 Å². The van der Waals surface area contributed by atoms with Gasteiger partial charge >= 0.3 is 0 Å². The Balaban J connectivity index is 2.44. The van der Waals surface area contributed by atoms with E-state index >= 15 is 0 Å². The SMILES string of the molecule is COc1ccccc1NCC(=O)NCCN. The minimum atomic E-state index is -0.0867. The highest BCUT2D eigenvalue weighted by molar-refractivity contribution is 5.81. The fourth-order valence-electron chi connectivity index (χ4n) is 1.24. The average Bonchev–Trinajstić information content (AvgIpc) is 2.34. The van der Waals surface area contributed by atoms with Crippen molar-refractivity contribution >= 4 is 11.6 Å². The monoisotopic (exact) mass is 223 g/mol. The second kappa shape index (κ2) is 6.68. The van der Waals surface area contributed by atoms with Crippen LogP contribution in [0.25, 0.3) is 0 Å². The molecular formula is C11H17N3O2. The Bertz CT molecular complexity index is 342. The van der Waals surface area contributed by atoms with Gasteiger partial charge in [-0.1, -0.05) is 12.1 Å². The average molecular weight is 223 g/mol. The molecule has 0 aliphatic rings. The summed E-state index contributed by atoms with van der Waals surface area (Å²) in [7, 11) is 1.59. The zero-order chi connectivity index (χ0) is 11.8. The first-order valence-electron chi connectivity index (χ1n) is 5.11. The highest BCUT2D eigenvalue weighted by Crippen LogP contribution is 2.22. The molecule has 1 aromatic rings. The summed E-state index contributed by atoms with van der Waals surface area (Å²) in [5.74, 6) is 0.630. The number of nitrogens with two attached hydrogens (primary N) is 1. The number of carbonyl (C=O) groups excluding carboxylic acids is 1. The minimum Gasteiger partial charge on any atom is -0.495 e. The molecular weight excluding hydrogens is 206 g/mol. The van der Waals surface area contributed by atoms with Crippen LogP contribution in [0.15, 0.2) is 24.3 Å². The maximum Gasteiger partial charge on any atom is 0.239 e. The van der Waals surface area contributed by atoms with Crippen LogP contribution in [0.4, 0.5) is 5.69 Å². The summed E-state index contributed by atoms with van der Waals surface area (Å²) < 4.78 is 5.14. The van der Waals surface area contributed by atoms with Gasteiger partial charge < -0.3 is 21.1 Å². The lowest BCUT2D eigenvalue weighted by molar-refractivity contribution is -0.119. The maximum absolute atomic E-state index is 11.3. The molecule has 1 rings (SSSR count). The van der Waals surface area contributed by atoms with Crippen LogP contribution in [0, 0.1) is 0 Å². The number of ether oxygens (including phenoxy) is 1. The molecule has 0 unspecified atom stereocenters. The summed E-state index contributed by atoms with van der Waals surface area (Å²) in [4.78, 5) is 11.3. The molecule has 0 saturated carbocycles. The Morgan fingerprint density at radius 1 is 1.44 bits per heavy atom. The molecule has 88 valence electrons. The highest BCUT2D eigenvalue weighted by atomic mass is 16.5. The number of benzene rings is 1. The van der Waals surface area contributed by atoms with Gasteiger partial charge in [-0.2, -0.15) is 0 Å². The summed E-state index contributed by atoms with van der Waals surface area (Å²) in [6.07, 6.45) is 0. The Morgan fingerprint density at radius 2 is 2.19 bits per heavy atom. The van der Waals surface area contributed by atoms with Gasteiger partial charge in [0.25, 0.3) is 0 Å². The molecule has 0 radical (unpaired) electrons. The van der Waals surface area contributed by atoms with Gasteiger partial charge in [0.2, 0.25) is 5.91 Å². The molecule has 1 amide bonds. The number of carbonyl (C=O) groups is 1. The van der Waals surface area contributed by atoms with E-state index in [9.17, 15) is 4.79 Å². The summed E-state index contributed by atoms with van der Waals surface area (Å²) in [6, 6.07) is 7.44. The summed E-state index contributed by atoms with van der Waals surface area (Å²) in [5, 5.41) is 5.67. The van der Waals surface area contributed by atoms with E-state index in [2.05, 4.69) is 10.6 Å². The zero-order valence-corrected chi connectivity index (χ0v) is 9.32. The number of para-hydroxylation sites is 2. The van der Waals surface area contributed by atoms with Crippen molar-refractivity contribution in [1.82, 2.24) is 5.32 Å². The standard InChI is InChI=1S/C11H17N3O2/c1-16-10-5-3-2-4-9(10)14-8-11(15)13-7-6-12/h2-5,14H,6-8,12H2,1H3,(H,13,15). The smallest absolute Gasteiger partial charge is 0.239 e. The molecule has 0 saturated heterocycles. The van der Waals surface area contributed by atoms with Gasteiger partial charge in [-0.15, -0.1) is 0 Å². The Labute approximate surface area is 95.0 Å². The summed E-state index contributed by atoms with van der Waals surface area (Å²) in [6.45, 7) is 1.15. The topological polar surface area (TPSA) is 76.4 Å². The van der Waals surface area contributed by atoms with E-state index in [0.717, 1.165) is 5.69 Å². The van der Waals surface area contributed by atoms with Crippen LogP contribution in [0.5, 0.6) is 5.75 Å². The fourth-order valence-corrected chi connectivity index (χ4v) is 1.24. The van der Waals surface area contributed by atoms with Gasteiger partial charge in [0.1, 0.15) is 5.75 Å². The zero-order valence-electron chi connectivity index (χ0n) is 9.32. The number of methoxy groups -OCH3 is 1. The van der Waals surface area contributed by atoms with Crippen LogP contribution in [0.1, 0.15) is 0 Å². The minimum absolute atomic E-state index is 0.0867. The molecule has 0 atom stereocenters. The first-order chi connectivity index (χ1) is 7.77. The first-order valence-corrected chi connectivity index (χ1v) is 5.11. The van der Waals surface area contributed by atoms with Crippen molar-refractivity contribution in [2.24, 2.45) is 5.73 Å². The van der Waals surface area contributed by atoms with Gasteiger partial charge in [0.05, 0.1) is 19.3 Å². The first kappa shape index (κ1) is 12.3. The lowest BCUT2D eigenvalue weighted by atomic mass is 10.3. The number of rotatable bonds is 6. The lowest BCUT2D eigenvalue weighted by Crippen LogP contribution is -2.33. The third-order valence-electron chi connectivity index (χ3n) is 2.01. The van der Waals surface area contributed by atoms with Crippen molar-refractivity contribution in [3.63, 3.8) is 0 Å². The largest absolute Gasteiger partial charge is 0.495 e. The fraction of sp³-hybridized carbons (Fsp3) is 0.364. The number of anilines is 1. The Hall–Kier alpha value is -1.75. The molecule has 4 N–H and O–H groups in total. The summed E-state index contributed by atoms with van der Waals surface area (Å²) in [5.41, 5.74) is 6.07. The van der Waals surface area contributed by atoms with Crippen molar-refractivity contribution in [3.8, 4) is 5.75 Å². The van der Waals surface area contributed by atoms with Crippen LogP contribution in [0.3, 0.4) is 0 Å². The van der Waals surface area contributed by atoms with Crippen molar-refractivity contribution < 1.29 is 9.53 Å². The number of nitrogens with one attached hydrogen (secondary N) is 2. The van der Waals surface area contributed by atoms with Crippen molar-refractivity contribution in [1.29, 1.82) is 0 Å². The van der Waals surface area contributed by atoms with Gasteiger partial charge in [-0.25, -0.2) is 0 Å². The second-order valence-corrected chi connectivity index (χ2v) is 3.19. The van der Waals surface area contributed by atoms with Gasteiger partial charge in [-0.3, -0.25) is 4.79 Å². The Kier molecular flexibility index (Phi) is 5.15. The van der Waals surface area contributed by atoms with Crippen molar-refractivity contribution in [2.75, 3.05) is 32.1 Å². The highest BCUT2D eigenvalue weighted by Gasteiger charge is 2.03. The molecule has 5 heteroatoms. The predicted molar refractivity (Wildman–Crippen MR) is 63.5 cm³/mol. The molecule has 0 bridgehead atoms. The molecule has 16 heavy (non-hydrogen) atoms. The van der Waals surface area contributed by atoms with E-state index < -0.39 is 0 Å². The lowest BCUT2D eigenvalue weighted by Gasteiger charge is -2.10. The third-order valence-corrected chi connectivity index (χ3v) is 2.01. The predicted octanol–water partition coefficient (Wildman–Crippen LogP) is 0.182. The normalized spacial score (nSPS) is 9.62. The van der Waals surface area contributed by atoms with Gasteiger partial charge in [-0.05, 0) is 12.1 Å². The molecule has 5 nitrogen and oxygen atoms in total.